The standard InChI is InChI=1S/C45H25N5/c1-48-34-19-21-36(45(26-34)50-42-12-5-3-10-38(42)40-23-29(27-46)14-22-43(40)50)32-17-15-31(16-18-32)33-7-6-8-35(25-33)49-41-11-4-2-9-37(41)39-20-13-30(28-47)24-44(39)49/h2-26H. The number of rotatable bonds is 4. The summed E-state index contributed by atoms with van der Waals surface area (Å²) in [6.07, 6.45) is 0. The van der Waals surface area contributed by atoms with E-state index in [-0.39, 0.29) is 0 Å². The zero-order valence-electron chi connectivity index (χ0n) is 26.7. The van der Waals surface area contributed by atoms with Crippen LogP contribution in [0, 0.1) is 29.2 Å². The second-order valence-corrected chi connectivity index (χ2v) is 12.3. The van der Waals surface area contributed by atoms with Gasteiger partial charge in [0.15, 0.2) is 5.69 Å². The molecule has 230 valence electrons. The zero-order chi connectivity index (χ0) is 33.8. The summed E-state index contributed by atoms with van der Waals surface area (Å²) in [5, 5.41) is 23.6. The van der Waals surface area contributed by atoms with Crippen LogP contribution < -0.4 is 0 Å². The van der Waals surface area contributed by atoms with Gasteiger partial charge in [-0.3, -0.25) is 0 Å². The molecular formula is C45H25N5. The largest absolute Gasteiger partial charge is 0.310 e. The Morgan fingerprint density at radius 3 is 1.86 bits per heavy atom. The van der Waals surface area contributed by atoms with Crippen LogP contribution >= 0.6 is 0 Å². The minimum atomic E-state index is 0.559. The minimum Gasteiger partial charge on any atom is -0.310 e. The molecule has 7 aromatic carbocycles. The summed E-state index contributed by atoms with van der Waals surface area (Å²) in [4.78, 5) is 3.77. The highest BCUT2D eigenvalue weighted by Gasteiger charge is 2.18. The fourth-order valence-corrected chi connectivity index (χ4v) is 7.31. The molecule has 0 fully saturated rings. The van der Waals surface area contributed by atoms with Gasteiger partial charge in [0, 0.05) is 38.5 Å². The predicted octanol–water partition coefficient (Wildman–Crippen LogP) is 11.5. The average molecular weight is 636 g/mol. The van der Waals surface area contributed by atoms with Gasteiger partial charge in [0.05, 0.1) is 51.9 Å². The molecule has 0 N–H and O–H groups in total. The van der Waals surface area contributed by atoms with Crippen LogP contribution in [-0.4, -0.2) is 9.13 Å². The molecule has 0 aliphatic carbocycles. The van der Waals surface area contributed by atoms with Crippen molar-refractivity contribution in [2.75, 3.05) is 0 Å². The lowest BCUT2D eigenvalue weighted by Crippen LogP contribution is -1.97. The Bertz CT molecular complexity index is 2960. The van der Waals surface area contributed by atoms with E-state index in [0.717, 1.165) is 77.2 Å². The fraction of sp³-hybridized carbons (Fsp3) is 0. The van der Waals surface area contributed by atoms with Crippen molar-refractivity contribution in [1.82, 2.24) is 9.13 Å². The first-order chi connectivity index (χ1) is 24.6. The third-order valence-corrected chi connectivity index (χ3v) is 9.59. The first-order valence-electron chi connectivity index (χ1n) is 16.2. The van der Waals surface area contributed by atoms with E-state index in [1.54, 1.807) is 0 Å². The van der Waals surface area contributed by atoms with Crippen LogP contribution in [0.25, 0.3) is 82.1 Å². The third-order valence-electron chi connectivity index (χ3n) is 9.59. The van der Waals surface area contributed by atoms with Crippen molar-refractivity contribution >= 4 is 49.3 Å². The summed E-state index contributed by atoms with van der Waals surface area (Å²) in [6, 6.07) is 55.7. The van der Waals surface area contributed by atoms with Crippen molar-refractivity contribution in [1.29, 1.82) is 10.5 Å². The molecule has 5 nitrogen and oxygen atoms in total. The number of nitrogens with zero attached hydrogens (tertiary/aromatic N) is 5. The maximum Gasteiger partial charge on any atom is 0.189 e. The summed E-state index contributed by atoms with van der Waals surface area (Å²) >= 11 is 0. The molecule has 0 radical (unpaired) electrons. The molecule has 0 saturated carbocycles. The van der Waals surface area contributed by atoms with Crippen LogP contribution in [0.2, 0.25) is 0 Å². The number of benzene rings is 7. The highest BCUT2D eigenvalue weighted by atomic mass is 15.0. The highest BCUT2D eigenvalue weighted by Crippen LogP contribution is 2.39. The van der Waals surface area contributed by atoms with Gasteiger partial charge in [-0.2, -0.15) is 10.5 Å². The number of nitriles is 2. The molecule has 0 saturated heterocycles. The molecule has 2 aromatic heterocycles. The molecule has 0 spiro atoms. The molecular weight excluding hydrogens is 611 g/mol. The molecule has 0 aliphatic rings. The molecule has 50 heavy (non-hydrogen) atoms. The summed E-state index contributed by atoms with van der Waals surface area (Å²) in [5.41, 5.74) is 12.0. The molecule has 0 unspecified atom stereocenters. The van der Waals surface area contributed by atoms with Crippen LogP contribution in [0.4, 0.5) is 5.69 Å². The normalized spacial score (nSPS) is 11.1. The Hall–Kier alpha value is -7.39. The van der Waals surface area contributed by atoms with Crippen molar-refractivity contribution in [3.8, 4) is 45.8 Å². The van der Waals surface area contributed by atoms with Gasteiger partial charge in [-0.1, -0.05) is 91.0 Å². The number of hydrogen-bond donors (Lipinski definition) is 0. The van der Waals surface area contributed by atoms with Crippen LogP contribution in [-0.2, 0) is 0 Å². The van der Waals surface area contributed by atoms with E-state index in [1.165, 1.54) is 0 Å². The SMILES string of the molecule is [C-]#[N+]c1ccc(-c2ccc(-c3cccc(-n4c5ccccc5c5ccc(C#N)cc54)c3)cc2)c(-n2c3ccccc3c3cc(C#N)ccc32)c1. The van der Waals surface area contributed by atoms with Crippen LogP contribution in [0.1, 0.15) is 11.1 Å². The Labute approximate surface area is 288 Å². The van der Waals surface area contributed by atoms with Crippen molar-refractivity contribution in [2.24, 2.45) is 0 Å². The fourth-order valence-electron chi connectivity index (χ4n) is 7.31. The quantitative estimate of drug-likeness (QED) is 0.181. The topological polar surface area (TPSA) is 61.8 Å². The maximum absolute atomic E-state index is 9.66. The third kappa shape index (κ3) is 4.45. The van der Waals surface area contributed by atoms with Gasteiger partial charge in [0.2, 0.25) is 0 Å². The lowest BCUT2D eigenvalue weighted by molar-refractivity contribution is 1.18. The molecule has 0 aliphatic heterocycles. The first-order valence-corrected chi connectivity index (χ1v) is 16.2. The van der Waals surface area contributed by atoms with E-state index in [4.69, 9.17) is 6.57 Å². The van der Waals surface area contributed by atoms with Gasteiger partial charge < -0.3 is 9.13 Å². The summed E-state index contributed by atoms with van der Waals surface area (Å²) in [6.45, 7) is 7.79. The van der Waals surface area contributed by atoms with Crippen molar-refractivity contribution in [3.05, 3.63) is 174 Å². The van der Waals surface area contributed by atoms with Gasteiger partial charge in [0.1, 0.15) is 0 Å². The van der Waals surface area contributed by atoms with Crippen molar-refractivity contribution in [2.45, 2.75) is 0 Å². The van der Waals surface area contributed by atoms with Crippen LogP contribution in [0.15, 0.2) is 152 Å². The number of hydrogen-bond acceptors (Lipinski definition) is 2. The lowest BCUT2D eigenvalue weighted by atomic mass is 9.98. The van der Waals surface area contributed by atoms with Crippen molar-refractivity contribution in [3.63, 3.8) is 0 Å². The number of fused-ring (bicyclic) bond motifs is 6. The summed E-state index contributed by atoms with van der Waals surface area (Å²) in [7, 11) is 0. The smallest absolute Gasteiger partial charge is 0.189 e. The molecule has 5 heteroatoms. The maximum atomic E-state index is 9.66. The summed E-state index contributed by atoms with van der Waals surface area (Å²) in [5.74, 6) is 0. The van der Waals surface area contributed by atoms with Crippen LogP contribution in [0.3, 0.4) is 0 Å². The molecule has 0 amide bonds. The predicted molar refractivity (Wildman–Crippen MR) is 202 cm³/mol. The Morgan fingerprint density at radius 1 is 0.460 bits per heavy atom. The summed E-state index contributed by atoms with van der Waals surface area (Å²) < 4.78 is 4.44. The second-order valence-electron chi connectivity index (χ2n) is 12.3. The Kier molecular flexibility index (Phi) is 6.56. The van der Waals surface area contributed by atoms with E-state index in [1.807, 2.05) is 72.8 Å². The van der Waals surface area contributed by atoms with Crippen LogP contribution in [0.5, 0.6) is 0 Å². The molecule has 2 heterocycles. The van der Waals surface area contributed by atoms with E-state index < -0.39 is 0 Å². The van der Waals surface area contributed by atoms with Crippen molar-refractivity contribution < 1.29 is 0 Å². The highest BCUT2D eigenvalue weighted by molar-refractivity contribution is 6.11. The second kappa shape index (κ2) is 11.4. The Morgan fingerprint density at radius 2 is 1.10 bits per heavy atom. The first kappa shape index (κ1) is 28.8. The zero-order valence-corrected chi connectivity index (χ0v) is 26.7. The van der Waals surface area contributed by atoms with E-state index in [0.29, 0.717) is 16.8 Å². The number of para-hydroxylation sites is 2. The van der Waals surface area contributed by atoms with Gasteiger partial charge >= 0.3 is 0 Å². The van der Waals surface area contributed by atoms with Gasteiger partial charge in [-0.15, -0.1) is 0 Å². The van der Waals surface area contributed by atoms with E-state index in [9.17, 15) is 10.5 Å². The van der Waals surface area contributed by atoms with Gasteiger partial charge in [-0.05, 0) is 77.4 Å². The van der Waals surface area contributed by atoms with Gasteiger partial charge in [0.25, 0.3) is 0 Å². The number of aromatic nitrogens is 2. The van der Waals surface area contributed by atoms with Gasteiger partial charge in [-0.25, -0.2) is 4.85 Å². The molecule has 9 rings (SSSR count). The minimum absolute atomic E-state index is 0.559. The lowest BCUT2D eigenvalue weighted by Gasteiger charge is -2.15. The average Bonchev–Trinajstić information content (AvgIpc) is 3.69. The molecule has 9 aromatic rings. The molecule has 0 bridgehead atoms. The Balaban J connectivity index is 1.17. The van der Waals surface area contributed by atoms with E-state index >= 15 is 0 Å². The molecule has 0 atom stereocenters. The van der Waals surface area contributed by atoms with E-state index in [2.05, 4.69) is 105 Å². The monoisotopic (exact) mass is 635 g/mol.